The molecule has 3 rings (SSSR count). The Hall–Kier alpha value is -2.24. The molecular weight excluding hydrogens is 350 g/mol. The lowest BCUT2D eigenvalue weighted by molar-refractivity contribution is -0.116. The molecule has 0 aromatic heterocycles. The Bertz CT molecular complexity index is 745. The monoisotopic (exact) mass is 373 g/mol. The number of methoxy groups -OCH3 is 1. The highest BCUT2D eigenvalue weighted by atomic mass is 35.5. The van der Waals surface area contributed by atoms with Gasteiger partial charge < -0.3 is 15.0 Å². The number of nitrogens with zero attached hydrogens (tertiary/aromatic N) is 2. The number of piperazine rings is 1. The molecule has 2 aromatic rings. The van der Waals surface area contributed by atoms with Crippen molar-refractivity contribution in [2.45, 2.75) is 6.42 Å². The number of para-hydroxylation sites is 2. The summed E-state index contributed by atoms with van der Waals surface area (Å²) in [5.41, 5.74) is 1.87. The minimum atomic E-state index is 0.00627. The van der Waals surface area contributed by atoms with Crippen LogP contribution in [-0.2, 0) is 4.79 Å². The fourth-order valence-corrected chi connectivity index (χ4v) is 3.31. The average molecular weight is 374 g/mol. The number of hydrogen-bond donors (Lipinski definition) is 1. The molecule has 0 unspecified atom stereocenters. The molecule has 0 spiro atoms. The van der Waals surface area contributed by atoms with Gasteiger partial charge in [0.25, 0.3) is 0 Å². The van der Waals surface area contributed by atoms with Crippen LogP contribution in [0.5, 0.6) is 5.75 Å². The summed E-state index contributed by atoms with van der Waals surface area (Å²) < 4.78 is 5.26. The molecule has 1 aliphatic heterocycles. The lowest BCUT2D eigenvalue weighted by Crippen LogP contribution is -2.47. The van der Waals surface area contributed by atoms with Crippen molar-refractivity contribution >= 4 is 28.9 Å². The second-order valence-corrected chi connectivity index (χ2v) is 6.74. The van der Waals surface area contributed by atoms with E-state index in [0.29, 0.717) is 17.9 Å². The molecule has 1 aliphatic rings. The number of hydrogen-bond acceptors (Lipinski definition) is 4. The zero-order chi connectivity index (χ0) is 18.4. The highest BCUT2D eigenvalue weighted by Crippen LogP contribution is 2.23. The molecule has 5 nitrogen and oxygen atoms in total. The number of carbonyl (C=O) groups excluding carboxylic acids is 1. The lowest BCUT2D eigenvalue weighted by Gasteiger charge is -2.36. The quantitative estimate of drug-likeness (QED) is 0.841. The van der Waals surface area contributed by atoms with E-state index in [2.05, 4.69) is 21.2 Å². The number of ether oxygens (including phenoxy) is 1. The maximum Gasteiger partial charge on any atom is 0.225 e. The second kappa shape index (κ2) is 8.92. The summed E-state index contributed by atoms with van der Waals surface area (Å²) in [7, 11) is 1.60. The van der Waals surface area contributed by atoms with Crippen LogP contribution in [0.15, 0.2) is 48.5 Å². The molecule has 0 radical (unpaired) electrons. The van der Waals surface area contributed by atoms with Crippen molar-refractivity contribution in [1.29, 1.82) is 0 Å². The average Bonchev–Trinajstić information content (AvgIpc) is 2.67. The first kappa shape index (κ1) is 18.5. The van der Waals surface area contributed by atoms with Crippen molar-refractivity contribution < 1.29 is 9.53 Å². The SMILES string of the molecule is COc1ccccc1NC(=O)CCN1CCN(c2cccc(Cl)c2)CC1. The fraction of sp³-hybridized carbons (Fsp3) is 0.350. The number of rotatable bonds is 6. The van der Waals surface area contributed by atoms with Crippen LogP contribution in [0.2, 0.25) is 5.02 Å². The predicted molar refractivity (Wildman–Crippen MR) is 106 cm³/mol. The molecule has 1 amide bonds. The largest absolute Gasteiger partial charge is 0.495 e. The Kier molecular flexibility index (Phi) is 6.36. The molecule has 0 aliphatic carbocycles. The van der Waals surface area contributed by atoms with Gasteiger partial charge in [-0.05, 0) is 30.3 Å². The molecule has 1 fully saturated rings. The smallest absolute Gasteiger partial charge is 0.225 e. The van der Waals surface area contributed by atoms with Gasteiger partial charge in [-0.3, -0.25) is 9.69 Å². The van der Waals surface area contributed by atoms with Gasteiger partial charge in [-0.25, -0.2) is 0 Å². The summed E-state index contributed by atoms with van der Waals surface area (Å²) in [6, 6.07) is 15.4. The van der Waals surface area contributed by atoms with E-state index in [4.69, 9.17) is 16.3 Å². The van der Waals surface area contributed by atoms with Crippen LogP contribution in [0, 0.1) is 0 Å². The number of benzene rings is 2. The first-order valence-electron chi connectivity index (χ1n) is 8.81. The highest BCUT2D eigenvalue weighted by molar-refractivity contribution is 6.30. The molecule has 0 saturated carbocycles. The van der Waals surface area contributed by atoms with E-state index >= 15 is 0 Å². The molecule has 1 heterocycles. The van der Waals surface area contributed by atoms with E-state index in [0.717, 1.165) is 43.4 Å². The van der Waals surface area contributed by atoms with Crippen LogP contribution in [0.3, 0.4) is 0 Å². The number of anilines is 2. The Morgan fingerprint density at radius 3 is 2.62 bits per heavy atom. The summed E-state index contributed by atoms with van der Waals surface area (Å²) in [5, 5.41) is 3.69. The molecule has 0 atom stereocenters. The van der Waals surface area contributed by atoms with Crippen LogP contribution in [0.4, 0.5) is 11.4 Å². The first-order valence-corrected chi connectivity index (χ1v) is 9.19. The van der Waals surface area contributed by atoms with E-state index in [1.165, 1.54) is 0 Å². The van der Waals surface area contributed by atoms with Gasteiger partial charge >= 0.3 is 0 Å². The minimum Gasteiger partial charge on any atom is -0.495 e. The van der Waals surface area contributed by atoms with Crippen LogP contribution >= 0.6 is 11.6 Å². The zero-order valence-electron chi connectivity index (χ0n) is 15.0. The number of amides is 1. The van der Waals surface area contributed by atoms with Crippen LogP contribution in [0.25, 0.3) is 0 Å². The fourth-order valence-electron chi connectivity index (χ4n) is 3.12. The first-order chi connectivity index (χ1) is 12.7. The Morgan fingerprint density at radius 1 is 1.12 bits per heavy atom. The van der Waals surface area contributed by atoms with Gasteiger partial charge in [-0.2, -0.15) is 0 Å². The molecule has 26 heavy (non-hydrogen) atoms. The second-order valence-electron chi connectivity index (χ2n) is 6.31. The van der Waals surface area contributed by atoms with Crippen LogP contribution < -0.4 is 15.0 Å². The molecular formula is C20H24ClN3O2. The van der Waals surface area contributed by atoms with Gasteiger partial charge in [0.15, 0.2) is 0 Å². The van der Waals surface area contributed by atoms with Gasteiger partial charge in [0.2, 0.25) is 5.91 Å². The molecule has 1 N–H and O–H groups in total. The van der Waals surface area contributed by atoms with Gasteiger partial charge in [0.1, 0.15) is 5.75 Å². The van der Waals surface area contributed by atoms with Crippen LogP contribution in [0.1, 0.15) is 6.42 Å². The standard InChI is InChI=1S/C20H24ClN3O2/c1-26-19-8-3-2-7-18(19)22-20(25)9-10-23-11-13-24(14-12-23)17-6-4-5-16(21)15-17/h2-8,15H,9-14H2,1H3,(H,22,25). The number of nitrogens with one attached hydrogen (secondary N) is 1. The summed E-state index contributed by atoms with van der Waals surface area (Å²) in [5.74, 6) is 0.683. The predicted octanol–water partition coefficient (Wildman–Crippen LogP) is 3.50. The summed E-state index contributed by atoms with van der Waals surface area (Å²) in [4.78, 5) is 16.9. The van der Waals surface area contributed by atoms with Crippen molar-refractivity contribution in [1.82, 2.24) is 4.90 Å². The van der Waals surface area contributed by atoms with Gasteiger partial charge in [0, 0.05) is 49.9 Å². The molecule has 6 heteroatoms. The van der Waals surface area contributed by atoms with E-state index < -0.39 is 0 Å². The Labute approximate surface area is 159 Å². The third-order valence-corrected chi connectivity index (χ3v) is 4.82. The molecule has 0 bridgehead atoms. The van der Waals surface area contributed by atoms with E-state index in [-0.39, 0.29) is 5.91 Å². The van der Waals surface area contributed by atoms with E-state index in [1.54, 1.807) is 7.11 Å². The molecule has 1 saturated heterocycles. The number of halogens is 1. The topological polar surface area (TPSA) is 44.8 Å². The molecule has 2 aromatic carbocycles. The number of carbonyl (C=O) groups is 1. The van der Waals surface area contributed by atoms with Crippen molar-refractivity contribution in [2.75, 3.05) is 50.1 Å². The maximum absolute atomic E-state index is 12.2. The highest BCUT2D eigenvalue weighted by Gasteiger charge is 2.18. The Morgan fingerprint density at radius 2 is 1.88 bits per heavy atom. The zero-order valence-corrected chi connectivity index (χ0v) is 15.7. The summed E-state index contributed by atoms with van der Waals surface area (Å²) in [6.45, 7) is 4.51. The maximum atomic E-state index is 12.2. The van der Waals surface area contributed by atoms with Gasteiger partial charge in [0.05, 0.1) is 12.8 Å². The normalized spacial score (nSPS) is 14.9. The van der Waals surface area contributed by atoms with Crippen molar-refractivity contribution in [2.24, 2.45) is 0 Å². The van der Waals surface area contributed by atoms with E-state index in [9.17, 15) is 4.79 Å². The summed E-state index contributed by atoms with van der Waals surface area (Å²) in [6.07, 6.45) is 0.467. The summed E-state index contributed by atoms with van der Waals surface area (Å²) >= 11 is 6.07. The van der Waals surface area contributed by atoms with Crippen molar-refractivity contribution in [3.63, 3.8) is 0 Å². The van der Waals surface area contributed by atoms with E-state index in [1.807, 2.05) is 42.5 Å². The molecule has 138 valence electrons. The third kappa shape index (κ3) is 4.90. The van der Waals surface area contributed by atoms with Gasteiger partial charge in [-0.1, -0.05) is 29.8 Å². The van der Waals surface area contributed by atoms with Crippen LogP contribution in [-0.4, -0.2) is 50.6 Å². The lowest BCUT2D eigenvalue weighted by atomic mass is 10.2. The third-order valence-electron chi connectivity index (χ3n) is 4.58. The Balaban J connectivity index is 1.44. The minimum absolute atomic E-state index is 0.00627. The van der Waals surface area contributed by atoms with Crippen molar-refractivity contribution in [3.05, 3.63) is 53.6 Å². The van der Waals surface area contributed by atoms with Gasteiger partial charge in [-0.15, -0.1) is 0 Å². The van der Waals surface area contributed by atoms with Crippen molar-refractivity contribution in [3.8, 4) is 5.75 Å².